The van der Waals surface area contributed by atoms with Gasteiger partial charge in [0, 0.05) is 6.08 Å². The molecular formula is C10H13NO. The lowest BCUT2D eigenvalue weighted by Crippen LogP contribution is -1.88. The molecule has 0 aliphatic rings. The molecule has 0 aliphatic carbocycles. The third-order valence-corrected chi connectivity index (χ3v) is 1.28. The molecular weight excluding hydrogens is 150 g/mol. The Morgan fingerprint density at radius 3 is 2.67 bits per heavy atom. The Morgan fingerprint density at radius 2 is 2.25 bits per heavy atom. The largest absolute Gasteiger partial charge is 0.496 e. The van der Waals surface area contributed by atoms with E-state index < -0.39 is 0 Å². The first-order valence-corrected chi connectivity index (χ1v) is 3.52. The van der Waals surface area contributed by atoms with E-state index in [9.17, 15) is 0 Å². The van der Waals surface area contributed by atoms with Crippen molar-refractivity contribution < 1.29 is 4.74 Å². The van der Waals surface area contributed by atoms with E-state index in [4.69, 9.17) is 16.9 Å². The number of methoxy groups -OCH3 is 1. The van der Waals surface area contributed by atoms with Crippen LogP contribution in [0, 0.1) is 12.3 Å². The Balaban J connectivity index is 4.55. The number of nitrogens with two attached hydrogens (primary N) is 1. The van der Waals surface area contributed by atoms with Crippen LogP contribution in [0.1, 0.15) is 6.92 Å². The fourth-order valence-electron chi connectivity index (χ4n) is 0.691. The molecule has 0 saturated heterocycles. The van der Waals surface area contributed by atoms with Crippen molar-refractivity contribution in [3.05, 3.63) is 35.8 Å². The Morgan fingerprint density at radius 1 is 1.58 bits per heavy atom. The summed E-state index contributed by atoms with van der Waals surface area (Å²) in [5.74, 6) is 3.07. The molecule has 0 spiro atoms. The Kier molecular flexibility index (Phi) is 5.29. The summed E-state index contributed by atoms with van der Waals surface area (Å²) in [7, 11) is 1.58. The third kappa shape index (κ3) is 3.52. The molecule has 0 amide bonds. The molecule has 0 unspecified atom stereocenters. The van der Waals surface area contributed by atoms with Crippen LogP contribution >= 0.6 is 0 Å². The standard InChI is InChI=1S/C10H13NO/c1-4-6-10(12-3)9(2)7-5-8-11/h1,5-8H,11H2,2-3H3/b8-5+,9-7-,10-6+. The lowest BCUT2D eigenvalue weighted by atomic mass is 10.2. The Bertz CT molecular complexity index is 254. The van der Waals surface area contributed by atoms with E-state index in [1.807, 2.05) is 13.0 Å². The fourth-order valence-corrected chi connectivity index (χ4v) is 0.691. The van der Waals surface area contributed by atoms with Gasteiger partial charge in [0.2, 0.25) is 0 Å². The average molecular weight is 163 g/mol. The number of allylic oxidation sites excluding steroid dienone is 4. The number of hydrogen-bond acceptors (Lipinski definition) is 2. The molecule has 0 aromatic carbocycles. The van der Waals surface area contributed by atoms with Gasteiger partial charge in [0.25, 0.3) is 0 Å². The summed E-state index contributed by atoms with van der Waals surface area (Å²) < 4.78 is 5.03. The lowest BCUT2D eigenvalue weighted by molar-refractivity contribution is 0.301. The molecule has 2 nitrogen and oxygen atoms in total. The van der Waals surface area contributed by atoms with Crippen molar-refractivity contribution in [2.75, 3.05) is 7.11 Å². The molecule has 0 saturated carbocycles. The van der Waals surface area contributed by atoms with Crippen molar-refractivity contribution >= 4 is 0 Å². The molecule has 0 bridgehead atoms. The summed E-state index contributed by atoms with van der Waals surface area (Å²) in [5, 5.41) is 0. The van der Waals surface area contributed by atoms with Crippen molar-refractivity contribution in [2.45, 2.75) is 6.92 Å². The maximum Gasteiger partial charge on any atom is 0.130 e. The number of ether oxygens (including phenoxy) is 1. The first-order valence-electron chi connectivity index (χ1n) is 3.52. The summed E-state index contributed by atoms with van der Waals surface area (Å²) in [6.07, 6.45) is 11.7. The highest BCUT2D eigenvalue weighted by atomic mass is 16.5. The van der Waals surface area contributed by atoms with Crippen LogP contribution in [0.2, 0.25) is 0 Å². The summed E-state index contributed by atoms with van der Waals surface area (Å²) in [6.45, 7) is 1.90. The van der Waals surface area contributed by atoms with Gasteiger partial charge >= 0.3 is 0 Å². The second-order valence-corrected chi connectivity index (χ2v) is 2.11. The zero-order valence-corrected chi connectivity index (χ0v) is 7.37. The quantitative estimate of drug-likeness (QED) is 0.389. The zero-order valence-electron chi connectivity index (χ0n) is 7.37. The van der Waals surface area contributed by atoms with Crippen molar-refractivity contribution in [3.63, 3.8) is 0 Å². The minimum absolute atomic E-state index is 0.676. The highest BCUT2D eigenvalue weighted by Gasteiger charge is 1.95. The molecule has 0 rings (SSSR count). The first-order chi connectivity index (χ1) is 5.76. The van der Waals surface area contributed by atoms with Gasteiger partial charge in [-0.2, -0.15) is 0 Å². The number of rotatable bonds is 3. The van der Waals surface area contributed by atoms with Gasteiger partial charge in [0.15, 0.2) is 0 Å². The molecule has 64 valence electrons. The topological polar surface area (TPSA) is 35.2 Å². The predicted molar refractivity (Wildman–Crippen MR) is 51.0 cm³/mol. The second kappa shape index (κ2) is 6.11. The zero-order chi connectivity index (χ0) is 9.40. The number of hydrogen-bond donors (Lipinski definition) is 1. The maximum absolute atomic E-state index is 5.17. The molecule has 0 aromatic rings. The van der Waals surface area contributed by atoms with E-state index in [-0.39, 0.29) is 0 Å². The monoisotopic (exact) mass is 163 g/mol. The van der Waals surface area contributed by atoms with Crippen LogP contribution in [0.25, 0.3) is 0 Å². The number of terminal acetylenes is 1. The highest BCUT2D eigenvalue weighted by Crippen LogP contribution is 2.08. The molecule has 0 fully saturated rings. The van der Waals surface area contributed by atoms with Gasteiger partial charge in [-0.15, -0.1) is 6.42 Å². The maximum atomic E-state index is 5.17. The van der Waals surface area contributed by atoms with Gasteiger partial charge in [-0.3, -0.25) is 0 Å². The highest BCUT2D eigenvalue weighted by molar-refractivity contribution is 5.31. The first kappa shape index (κ1) is 10.4. The van der Waals surface area contributed by atoms with Crippen LogP contribution in [0.3, 0.4) is 0 Å². The summed E-state index contributed by atoms with van der Waals surface area (Å²) in [6, 6.07) is 0. The van der Waals surface area contributed by atoms with Crippen molar-refractivity contribution in [1.29, 1.82) is 0 Å². The SMILES string of the molecule is C#C\C=C(OC)/C(C)=C\C=C\N. The van der Waals surface area contributed by atoms with Crippen LogP contribution in [0.15, 0.2) is 35.8 Å². The Hall–Kier alpha value is -1.62. The summed E-state index contributed by atoms with van der Waals surface area (Å²) in [5.41, 5.74) is 6.11. The van der Waals surface area contributed by atoms with E-state index >= 15 is 0 Å². The molecule has 0 aliphatic heterocycles. The normalized spacial score (nSPS) is 13.1. The van der Waals surface area contributed by atoms with Gasteiger partial charge in [0.05, 0.1) is 7.11 Å². The van der Waals surface area contributed by atoms with E-state index in [1.54, 1.807) is 19.3 Å². The summed E-state index contributed by atoms with van der Waals surface area (Å²) in [4.78, 5) is 0. The minimum atomic E-state index is 0.676. The van der Waals surface area contributed by atoms with E-state index in [1.165, 1.54) is 6.20 Å². The average Bonchev–Trinajstić information content (AvgIpc) is 2.10. The van der Waals surface area contributed by atoms with Crippen LogP contribution in [-0.2, 0) is 4.74 Å². The smallest absolute Gasteiger partial charge is 0.130 e. The minimum Gasteiger partial charge on any atom is -0.496 e. The van der Waals surface area contributed by atoms with Gasteiger partial charge in [0.1, 0.15) is 5.76 Å². The van der Waals surface area contributed by atoms with Crippen LogP contribution in [0.4, 0.5) is 0 Å². The third-order valence-electron chi connectivity index (χ3n) is 1.28. The lowest BCUT2D eigenvalue weighted by Gasteiger charge is -2.02. The van der Waals surface area contributed by atoms with Crippen LogP contribution < -0.4 is 5.73 Å². The van der Waals surface area contributed by atoms with Crippen LogP contribution in [0.5, 0.6) is 0 Å². The van der Waals surface area contributed by atoms with Crippen molar-refractivity contribution in [1.82, 2.24) is 0 Å². The molecule has 0 radical (unpaired) electrons. The van der Waals surface area contributed by atoms with Gasteiger partial charge in [-0.05, 0) is 24.8 Å². The van der Waals surface area contributed by atoms with Gasteiger partial charge in [-0.1, -0.05) is 12.0 Å². The van der Waals surface area contributed by atoms with Gasteiger partial charge in [-0.25, -0.2) is 0 Å². The predicted octanol–water partition coefficient (Wildman–Crippen LogP) is 1.57. The molecule has 0 atom stereocenters. The fraction of sp³-hybridized carbons (Fsp3) is 0.200. The summed E-state index contributed by atoms with van der Waals surface area (Å²) >= 11 is 0. The van der Waals surface area contributed by atoms with Gasteiger partial charge < -0.3 is 10.5 Å². The Labute approximate surface area is 73.4 Å². The van der Waals surface area contributed by atoms with E-state index in [0.29, 0.717) is 5.76 Å². The molecule has 0 heterocycles. The molecule has 2 N–H and O–H groups in total. The molecule has 2 heteroatoms. The van der Waals surface area contributed by atoms with E-state index in [2.05, 4.69) is 5.92 Å². The van der Waals surface area contributed by atoms with Crippen molar-refractivity contribution in [3.8, 4) is 12.3 Å². The molecule has 12 heavy (non-hydrogen) atoms. The van der Waals surface area contributed by atoms with E-state index in [0.717, 1.165) is 5.57 Å². The second-order valence-electron chi connectivity index (χ2n) is 2.11. The molecule has 0 aromatic heterocycles. The van der Waals surface area contributed by atoms with Crippen molar-refractivity contribution in [2.24, 2.45) is 5.73 Å². The van der Waals surface area contributed by atoms with Crippen LogP contribution in [-0.4, -0.2) is 7.11 Å².